The van der Waals surface area contributed by atoms with E-state index in [0.717, 1.165) is 5.56 Å². The molecule has 2 aromatic rings. The molecule has 0 aliphatic carbocycles. The molecule has 1 atom stereocenters. The van der Waals surface area contributed by atoms with Gasteiger partial charge >= 0.3 is 0 Å². The molecule has 136 valence electrons. The summed E-state index contributed by atoms with van der Waals surface area (Å²) in [5.41, 5.74) is 1.65. The van der Waals surface area contributed by atoms with Crippen molar-refractivity contribution in [1.82, 2.24) is 10.3 Å². The highest BCUT2D eigenvalue weighted by atomic mass is 35.5. The van der Waals surface area contributed by atoms with Gasteiger partial charge in [-0.25, -0.2) is 0 Å². The molecule has 1 aliphatic rings. The number of hydrogen-bond donors (Lipinski definition) is 1. The Hall–Kier alpha value is -2.60. The summed E-state index contributed by atoms with van der Waals surface area (Å²) in [4.78, 5) is 30.4. The summed E-state index contributed by atoms with van der Waals surface area (Å²) >= 11 is 6.05. The molecule has 0 spiro atoms. The number of ether oxygens (including phenoxy) is 1. The van der Waals surface area contributed by atoms with Crippen molar-refractivity contribution in [2.24, 2.45) is 5.92 Å². The van der Waals surface area contributed by atoms with Crippen LogP contribution >= 0.6 is 11.6 Å². The van der Waals surface area contributed by atoms with Gasteiger partial charge in [-0.2, -0.15) is 0 Å². The van der Waals surface area contributed by atoms with Gasteiger partial charge < -0.3 is 15.0 Å². The fraction of sp³-hybridized carbons (Fsp3) is 0.316. The van der Waals surface area contributed by atoms with Crippen molar-refractivity contribution >= 4 is 29.1 Å². The van der Waals surface area contributed by atoms with Gasteiger partial charge in [-0.3, -0.25) is 14.6 Å². The molecule has 1 unspecified atom stereocenters. The molecule has 7 heteroatoms. The predicted molar refractivity (Wildman–Crippen MR) is 99.4 cm³/mol. The van der Waals surface area contributed by atoms with Crippen LogP contribution in [0.5, 0.6) is 5.75 Å². The van der Waals surface area contributed by atoms with E-state index in [1.165, 1.54) is 7.11 Å². The van der Waals surface area contributed by atoms with Crippen molar-refractivity contribution in [2.45, 2.75) is 12.8 Å². The molecule has 1 aromatic carbocycles. The van der Waals surface area contributed by atoms with Crippen LogP contribution in [-0.2, 0) is 16.0 Å². The lowest BCUT2D eigenvalue weighted by Gasteiger charge is -2.19. The van der Waals surface area contributed by atoms with E-state index in [2.05, 4.69) is 10.3 Å². The van der Waals surface area contributed by atoms with E-state index in [1.807, 2.05) is 12.1 Å². The third-order valence-electron chi connectivity index (χ3n) is 4.36. The number of rotatable bonds is 6. The number of methoxy groups -OCH3 is 1. The first-order chi connectivity index (χ1) is 12.6. The molecule has 1 aromatic heterocycles. The van der Waals surface area contributed by atoms with Gasteiger partial charge in [0.25, 0.3) is 0 Å². The van der Waals surface area contributed by atoms with Crippen LogP contribution in [-0.4, -0.2) is 37.0 Å². The summed E-state index contributed by atoms with van der Waals surface area (Å²) in [6, 6.07) is 8.93. The van der Waals surface area contributed by atoms with Gasteiger partial charge in [-0.05, 0) is 36.2 Å². The van der Waals surface area contributed by atoms with E-state index in [1.54, 1.807) is 35.5 Å². The zero-order valence-corrected chi connectivity index (χ0v) is 15.2. The summed E-state index contributed by atoms with van der Waals surface area (Å²) in [6.45, 7) is 0.823. The van der Waals surface area contributed by atoms with E-state index in [9.17, 15) is 9.59 Å². The van der Waals surface area contributed by atoms with E-state index in [4.69, 9.17) is 16.3 Å². The Morgan fingerprint density at radius 3 is 3.00 bits per heavy atom. The summed E-state index contributed by atoms with van der Waals surface area (Å²) in [6.07, 6.45) is 4.36. The van der Waals surface area contributed by atoms with Crippen molar-refractivity contribution in [3.63, 3.8) is 0 Å². The molecule has 0 saturated carbocycles. The Morgan fingerprint density at radius 2 is 2.27 bits per heavy atom. The average molecular weight is 374 g/mol. The number of carbonyl (C=O) groups is 2. The van der Waals surface area contributed by atoms with Crippen molar-refractivity contribution < 1.29 is 14.3 Å². The molecular weight excluding hydrogens is 354 g/mol. The van der Waals surface area contributed by atoms with Crippen LogP contribution < -0.4 is 15.0 Å². The van der Waals surface area contributed by atoms with Gasteiger partial charge in [0.05, 0.1) is 18.7 Å². The van der Waals surface area contributed by atoms with Gasteiger partial charge in [-0.1, -0.05) is 17.7 Å². The highest BCUT2D eigenvalue weighted by molar-refractivity contribution is 6.31. The second-order valence-electron chi connectivity index (χ2n) is 6.12. The zero-order chi connectivity index (χ0) is 18.5. The molecule has 2 amide bonds. The van der Waals surface area contributed by atoms with E-state index in [0.29, 0.717) is 36.0 Å². The minimum Gasteiger partial charge on any atom is -0.495 e. The number of nitrogens with one attached hydrogen (secondary N) is 1. The SMILES string of the molecule is COc1ccc(Cl)cc1N1CC(C(=O)NCCc2cccnc2)CC1=O. The van der Waals surface area contributed by atoms with Crippen molar-refractivity contribution in [1.29, 1.82) is 0 Å². The fourth-order valence-electron chi connectivity index (χ4n) is 3.01. The molecule has 1 saturated heterocycles. The lowest BCUT2D eigenvalue weighted by Crippen LogP contribution is -2.34. The second kappa shape index (κ2) is 8.19. The monoisotopic (exact) mass is 373 g/mol. The zero-order valence-electron chi connectivity index (χ0n) is 14.4. The molecule has 3 rings (SSSR count). The molecule has 1 aliphatic heterocycles. The summed E-state index contributed by atoms with van der Waals surface area (Å²) in [5.74, 6) is -0.0656. The number of nitrogens with zero attached hydrogens (tertiary/aromatic N) is 2. The molecule has 26 heavy (non-hydrogen) atoms. The van der Waals surface area contributed by atoms with E-state index >= 15 is 0 Å². The van der Waals surface area contributed by atoms with Gasteiger partial charge in [-0.15, -0.1) is 0 Å². The number of carbonyl (C=O) groups excluding carboxylic acids is 2. The van der Waals surface area contributed by atoms with Gasteiger partial charge in [0.2, 0.25) is 11.8 Å². The van der Waals surface area contributed by atoms with Crippen LogP contribution in [0.25, 0.3) is 0 Å². The smallest absolute Gasteiger partial charge is 0.227 e. The normalized spacial score (nSPS) is 16.6. The number of aromatic nitrogens is 1. The standard InChI is InChI=1S/C19H20ClN3O3/c1-26-17-5-4-15(20)10-16(17)23-12-14(9-18(23)24)19(25)22-8-6-13-3-2-7-21-11-13/h2-5,7,10-11,14H,6,8-9,12H2,1H3,(H,22,25). The third kappa shape index (κ3) is 4.14. The number of anilines is 1. The number of hydrogen-bond acceptors (Lipinski definition) is 4. The quantitative estimate of drug-likeness (QED) is 0.844. The van der Waals surface area contributed by atoms with E-state index < -0.39 is 0 Å². The van der Waals surface area contributed by atoms with Crippen LogP contribution in [0.1, 0.15) is 12.0 Å². The topological polar surface area (TPSA) is 71.5 Å². The van der Waals surface area contributed by atoms with Crippen LogP contribution in [0, 0.1) is 5.92 Å². The van der Waals surface area contributed by atoms with Crippen molar-refractivity contribution in [3.05, 3.63) is 53.3 Å². The Bertz CT molecular complexity index is 798. The number of halogens is 1. The first kappa shape index (κ1) is 18.2. The van der Waals surface area contributed by atoms with Crippen LogP contribution in [0.15, 0.2) is 42.7 Å². The molecule has 2 heterocycles. The fourth-order valence-corrected chi connectivity index (χ4v) is 3.18. The molecule has 1 N–H and O–H groups in total. The van der Waals surface area contributed by atoms with Gasteiger partial charge in [0.1, 0.15) is 5.75 Å². The molecule has 0 bridgehead atoms. The first-order valence-electron chi connectivity index (χ1n) is 8.39. The summed E-state index contributed by atoms with van der Waals surface area (Å²) in [7, 11) is 1.54. The summed E-state index contributed by atoms with van der Waals surface area (Å²) < 4.78 is 5.31. The van der Waals surface area contributed by atoms with Crippen molar-refractivity contribution in [3.8, 4) is 5.75 Å². The number of amides is 2. The minimum absolute atomic E-state index is 0.113. The molecule has 6 nitrogen and oxygen atoms in total. The maximum atomic E-state index is 12.4. The Labute approximate surface area is 157 Å². The Morgan fingerprint density at radius 1 is 1.42 bits per heavy atom. The lowest BCUT2D eigenvalue weighted by molar-refractivity contribution is -0.126. The van der Waals surface area contributed by atoms with E-state index in [-0.39, 0.29) is 24.2 Å². The average Bonchev–Trinajstić information content (AvgIpc) is 3.04. The Balaban J connectivity index is 1.60. The number of benzene rings is 1. The van der Waals surface area contributed by atoms with Gasteiger partial charge in [0.15, 0.2) is 0 Å². The largest absolute Gasteiger partial charge is 0.495 e. The third-order valence-corrected chi connectivity index (χ3v) is 4.60. The highest BCUT2D eigenvalue weighted by Gasteiger charge is 2.36. The maximum Gasteiger partial charge on any atom is 0.227 e. The first-order valence-corrected chi connectivity index (χ1v) is 8.77. The maximum absolute atomic E-state index is 12.4. The second-order valence-corrected chi connectivity index (χ2v) is 6.56. The lowest BCUT2D eigenvalue weighted by atomic mass is 10.1. The molecule has 0 radical (unpaired) electrons. The molecular formula is C19H20ClN3O3. The number of pyridine rings is 1. The van der Waals surface area contributed by atoms with Crippen LogP contribution in [0.2, 0.25) is 5.02 Å². The predicted octanol–water partition coefficient (Wildman–Crippen LogP) is 2.46. The summed E-state index contributed by atoms with van der Waals surface area (Å²) in [5, 5.41) is 3.41. The molecule has 1 fully saturated rings. The van der Waals surface area contributed by atoms with Crippen LogP contribution in [0.3, 0.4) is 0 Å². The van der Waals surface area contributed by atoms with Gasteiger partial charge in [0, 0.05) is 36.9 Å². The van der Waals surface area contributed by atoms with Crippen LogP contribution in [0.4, 0.5) is 5.69 Å². The Kier molecular flexibility index (Phi) is 5.73. The highest BCUT2D eigenvalue weighted by Crippen LogP contribution is 2.35. The van der Waals surface area contributed by atoms with Crippen molar-refractivity contribution in [2.75, 3.05) is 25.1 Å². The minimum atomic E-state index is -0.389.